The van der Waals surface area contributed by atoms with E-state index in [9.17, 15) is 18.4 Å². The summed E-state index contributed by atoms with van der Waals surface area (Å²) in [4.78, 5) is 28.7. The fourth-order valence-electron chi connectivity index (χ4n) is 3.83. The monoisotopic (exact) mass is 454 g/mol. The van der Waals surface area contributed by atoms with Crippen LogP contribution in [-0.2, 0) is 11.2 Å². The number of alkyl halides is 2. The number of hydrogen-bond donors (Lipinski definition) is 0. The van der Waals surface area contributed by atoms with E-state index in [1.807, 2.05) is 42.5 Å². The number of benzene rings is 2. The maximum atomic E-state index is 12.8. The van der Waals surface area contributed by atoms with Crippen LogP contribution >= 0.6 is 0 Å². The average molecular weight is 454 g/mol. The van der Waals surface area contributed by atoms with Crippen LogP contribution in [0.4, 0.5) is 8.78 Å². The third-order valence-electron chi connectivity index (χ3n) is 5.56. The summed E-state index contributed by atoms with van der Waals surface area (Å²) in [5.74, 6) is 0.959. The van der Waals surface area contributed by atoms with Gasteiger partial charge in [-0.2, -0.15) is 8.78 Å². The maximum Gasteiger partial charge on any atom is 0.387 e. The molecule has 2 aromatic carbocycles. The molecule has 0 N–H and O–H groups in total. The Morgan fingerprint density at radius 3 is 2.27 bits per heavy atom. The van der Waals surface area contributed by atoms with Crippen molar-refractivity contribution in [3.05, 3.63) is 78.1 Å². The molecule has 8 heteroatoms. The van der Waals surface area contributed by atoms with Gasteiger partial charge in [0.25, 0.3) is 5.91 Å². The highest BCUT2D eigenvalue weighted by molar-refractivity contribution is 5.97. The fraction of sp³-hybridized carbons (Fsp3) is 0.280. The van der Waals surface area contributed by atoms with Crippen LogP contribution in [0.3, 0.4) is 0 Å². The molecule has 0 spiro atoms. The topological polar surface area (TPSA) is 63.0 Å². The van der Waals surface area contributed by atoms with Gasteiger partial charge in [0.05, 0.1) is 5.56 Å². The number of furan rings is 1. The summed E-state index contributed by atoms with van der Waals surface area (Å²) in [6, 6.07) is 19.5. The van der Waals surface area contributed by atoms with Crippen molar-refractivity contribution in [2.24, 2.45) is 0 Å². The minimum absolute atomic E-state index is 0.0128. The van der Waals surface area contributed by atoms with Crippen molar-refractivity contribution in [2.75, 3.05) is 26.2 Å². The summed E-state index contributed by atoms with van der Waals surface area (Å²) >= 11 is 0. The van der Waals surface area contributed by atoms with E-state index in [2.05, 4.69) is 4.74 Å². The van der Waals surface area contributed by atoms with Crippen molar-refractivity contribution >= 4 is 11.8 Å². The molecule has 0 saturated carbocycles. The van der Waals surface area contributed by atoms with Crippen LogP contribution in [0.2, 0.25) is 0 Å². The number of hydrogen-bond acceptors (Lipinski definition) is 4. The number of carbonyl (C=O) groups excluding carboxylic acids is 2. The number of para-hydroxylation sites is 1. The first-order chi connectivity index (χ1) is 16.0. The second kappa shape index (κ2) is 10.3. The van der Waals surface area contributed by atoms with Crippen LogP contribution in [0.5, 0.6) is 5.75 Å². The molecule has 2 heterocycles. The summed E-state index contributed by atoms with van der Waals surface area (Å²) in [6.45, 7) is -1.59. The van der Waals surface area contributed by atoms with Gasteiger partial charge < -0.3 is 19.0 Å². The molecule has 1 aliphatic heterocycles. The molecule has 0 unspecified atom stereocenters. The SMILES string of the molecule is O=C(CCc1ccc(-c2ccccc2)o1)N1CCN(C(=O)c2ccccc2OC(F)F)CC1. The van der Waals surface area contributed by atoms with Crippen molar-refractivity contribution in [1.82, 2.24) is 9.80 Å². The van der Waals surface area contributed by atoms with Crippen LogP contribution < -0.4 is 4.74 Å². The lowest BCUT2D eigenvalue weighted by Crippen LogP contribution is -2.50. The van der Waals surface area contributed by atoms with Crippen molar-refractivity contribution < 1.29 is 27.5 Å². The number of carbonyl (C=O) groups is 2. The zero-order valence-electron chi connectivity index (χ0n) is 18.0. The van der Waals surface area contributed by atoms with Gasteiger partial charge in [-0.15, -0.1) is 0 Å². The lowest BCUT2D eigenvalue weighted by Gasteiger charge is -2.35. The van der Waals surface area contributed by atoms with E-state index in [1.54, 1.807) is 15.9 Å². The van der Waals surface area contributed by atoms with E-state index in [4.69, 9.17) is 4.42 Å². The lowest BCUT2D eigenvalue weighted by molar-refractivity contribution is -0.132. The summed E-state index contributed by atoms with van der Waals surface area (Å²) < 4.78 is 35.6. The summed E-state index contributed by atoms with van der Waals surface area (Å²) in [5, 5.41) is 0. The van der Waals surface area contributed by atoms with E-state index < -0.39 is 6.61 Å². The molecule has 1 saturated heterocycles. The summed E-state index contributed by atoms with van der Waals surface area (Å²) in [5.41, 5.74) is 1.07. The van der Waals surface area contributed by atoms with Gasteiger partial charge in [0.15, 0.2) is 0 Å². The number of nitrogens with zero attached hydrogens (tertiary/aromatic N) is 2. The summed E-state index contributed by atoms with van der Waals surface area (Å²) in [6.07, 6.45) is 0.796. The predicted octanol–water partition coefficient (Wildman–Crippen LogP) is 4.47. The van der Waals surface area contributed by atoms with E-state index in [0.717, 1.165) is 17.1 Å². The normalized spacial score (nSPS) is 13.9. The molecule has 0 aliphatic carbocycles. The van der Waals surface area contributed by atoms with Crippen LogP contribution in [-0.4, -0.2) is 54.4 Å². The molecule has 4 rings (SSSR count). The van der Waals surface area contributed by atoms with Gasteiger partial charge in [-0.1, -0.05) is 42.5 Å². The van der Waals surface area contributed by atoms with Crippen LogP contribution in [0.15, 0.2) is 71.1 Å². The van der Waals surface area contributed by atoms with Crippen LogP contribution in [0.25, 0.3) is 11.3 Å². The molecule has 33 heavy (non-hydrogen) atoms. The van der Waals surface area contributed by atoms with Gasteiger partial charge in [-0.3, -0.25) is 9.59 Å². The van der Waals surface area contributed by atoms with Crippen molar-refractivity contribution in [3.8, 4) is 17.1 Å². The minimum atomic E-state index is -3.01. The third-order valence-corrected chi connectivity index (χ3v) is 5.56. The van der Waals surface area contributed by atoms with Crippen molar-refractivity contribution in [2.45, 2.75) is 19.5 Å². The zero-order valence-corrected chi connectivity index (χ0v) is 18.0. The smallest absolute Gasteiger partial charge is 0.387 e. The second-order valence-corrected chi connectivity index (χ2v) is 7.68. The number of amides is 2. The quantitative estimate of drug-likeness (QED) is 0.529. The third kappa shape index (κ3) is 5.58. The van der Waals surface area contributed by atoms with Gasteiger partial charge in [0.2, 0.25) is 5.91 Å². The molecule has 1 fully saturated rings. The molecule has 2 amide bonds. The second-order valence-electron chi connectivity index (χ2n) is 7.68. The molecule has 172 valence electrons. The Kier molecular flexibility index (Phi) is 7.02. The molecule has 0 radical (unpaired) electrons. The highest BCUT2D eigenvalue weighted by Gasteiger charge is 2.27. The molecule has 0 bridgehead atoms. The first-order valence-electron chi connectivity index (χ1n) is 10.8. The maximum absolute atomic E-state index is 12.8. The van der Waals surface area contributed by atoms with Gasteiger partial charge in [-0.05, 0) is 24.3 Å². The zero-order chi connectivity index (χ0) is 23.2. The average Bonchev–Trinajstić information content (AvgIpc) is 3.32. The van der Waals surface area contributed by atoms with Gasteiger partial charge >= 0.3 is 6.61 Å². The molecule has 1 aliphatic rings. The molecule has 6 nitrogen and oxygen atoms in total. The minimum Gasteiger partial charge on any atom is -0.461 e. The molecule has 1 aromatic heterocycles. The highest BCUT2D eigenvalue weighted by Crippen LogP contribution is 2.24. The van der Waals surface area contributed by atoms with Crippen LogP contribution in [0.1, 0.15) is 22.5 Å². The van der Waals surface area contributed by atoms with E-state index in [0.29, 0.717) is 39.0 Å². The molecule has 3 aromatic rings. The number of halogens is 2. The molecule has 0 atom stereocenters. The first kappa shape index (κ1) is 22.5. The van der Waals surface area contributed by atoms with Crippen LogP contribution in [0, 0.1) is 0 Å². The standard InChI is InChI=1S/C25H24F2N2O4/c26-25(27)33-22-9-5-4-8-20(22)24(31)29-16-14-28(15-17-29)23(30)13-11-19-10-12-21(32-19)18-6-2-1-3-7-18/h1-10,12,25H,11,13-17H2. The Bertz CT molecular complexity index is 1090. The molecular weight excluding hydrogens is 430 g/mol. The summed E-state index contributed by atoms with van der Waals surface area (Å²) in [7, 11) is 0. The van der Waals surface area contributed by atoms with Crippen molar-refractivity contribution in [1.29, 1.82) is 0 Å². The largest absolute Gasteiger partial charge is 0.461 e. The Morgan fingerprint density at radius 2 is 1.55 bits per heavy atom. The van der Waals surface area contributed by atoms with Gasteiger partial charge in [0, 0.05) is 44.6 Å². The number of rotatable bonds is 7. The van der Waals surface area contributed by atoms with Gasteiger partial charge in [0.1, 0.15) is 17.3 Å². The Hall–Kier alpha value is -3.68. The number of aryl methyl sites for hydroxylation is 1. The van der Waals surface area contributed by atoms with E-state index >= 15 is 0 Å². The Labute approximate surface area is 190 Å². The Balaban J connectivity index is 1.28. The Morgan fingerprint density at radius 1 is 0.879 bits per heavy atom. The number of ether oxygens (including phenoxy) is 1. The molecular formula is C25H24F2N2O4. The predicted molar refractivity (Wildman–Crippen MR) is 118 cm³/mol. The fourth-order valence-corrected chi connectivity index (χ4v) is 3.83. The van der Waals surface area contributed by atoms with Gasteiger partial charge in [-0.25, -0.2) is 0 Å². The van der Waals surface area contributed by atoms with E-state index in [1.165, 1.54) is 18.2 Å². The van der Waals surface area contributed by atoms with Crippen molar-refractivity contribution in [3.63, 3.8) is 0 Å². The lowest BCUT2D eigenvalue weighted by atomic mass is 10.1. The first-order valence-corrected chi connectivity index (χ1v) is 10.8. The number of piperazine rings is 1. The highest BCUT2D eigenvalue weighted by atomic mass is 19.3. The van der Waals surface area contributed by atoms with E-state index in [-0.39, 0.29) is 23.1 Å².